The molecule has 2 aromatic rings. The molecule has 0 saturated heterocycles. The lowest BCUT2D eigenvalue weighted by molar-refractivity contribution is -0.137. The van der Waals surface area contributed by atoms with Crippen molar-refractivity contribution in [2.75, 3.05) is 11.9 Å². The molecule has 0 bridgehead atoms. The molecule has 0 radical (unpaired) electrons. The Morgan fingerprint density at radius 2 is 2.00 bits per heavy atom. The van der Waals surface area contributed by atoms with Crippen molar-refractivity contribution in [3.05, 3.63) is 57.9 Å². The minimum absolute atomic E-state index is 0.0661. The van der Waals surface area contributed by atoms with Crippen LogP contribution in [-0.4, -0.2) is 22.5 Å². The summed E-state index contributed by atoms with van der Waals surface area (Å²) in [6, 6.07) is 1.76. The maximum Gasteiger partial charge on any atom is 0.417 e. The van der Waals surface area contributed by atoms with Gasteiger partial charge in [-0.1, -0.05) is 11.6 Å². The predicted molar refractivity (Wildman–Crippen MR) is 83.7 cm³/mol. The summed E-state index contributed by atoms with van der Waals surface area (Å²) in [7, 11) is 0. The predicted octanol–water partition coefficient (Wildman–Crippen LogP) is 4.62. The number of pyridine rings is 1. The van der Waals surface area contributed by atoms with E-state index in [9.17, 15) is 26.7 Å². The number of nitrogens with one attached hydrogen (secondary N) is 1. The standard InChI is InChI=1S/C16H11ClF5N3O/c17-11-6-13(12(18)5-10(11)16(20,21)22)24-15(26)25-4-2-9-8(7-25)1-3-23-14(9)19/h1,3,5-6H,2,4,7H2,(H,24,26). The van der Waals surface area contributed by atoms with Crippen LogP contribution in [0.5, 0.6) is 0 Å². The van der Waals surface area contributed by atoms with Gasteiger partial charge in [-0.25, -0.2) is 14.2 Å². The van der Waals surface area contributed by atoms with Crippen LogP contribution in [-0.2, 0) is 19.1 Å². The Hall–Kier alpha value is -2.42. The summed E-state index contributed by atoms with van der Waals surface area (Å²) in [6.07, 6.45) is -3.32. The molecular weight excluding hydrogens is 381 g/mol. The Kier molecular flexibility index (Phi) is 4.74. The van der Waals surface area contributed by atoms with Gasteiger partial charge in [0, 0.05) is 24.8 Å². The Morgan fingerprint density at radius 3 is 2.69 bits per heavy atom. The van der Waals surface area contributed by atoms with E-state index in [1.165, 1.54) is 11.1 Å². The van der Waals surface area contributed by atoms with Gasteiger partial charge < -0.3 is 10.2 Å². The van der Waals surface area contributed by atoms with Crippen molar-refractivity contribution in [1.82, 2.24) is 9.88 Å². The molecule has 138 valence electrons. The van der Waals surface area contributed by atoms with Crippen LogP contribution in [0.4, 0.5) is 32.4 Å². The highest BCUT2D eigenvalue weighted by Crippen LogP contribution is 2.37. The summed E-state index contributed by atoms with van der Waals surface area (Å²) < 4.78 is 65.6. The number of halogens is 6. The zero-order chi connectivity index (χ0) is 19.1. The lowest BCUT2D eigenvalue weighted by Crippen LogP contribution is -2.39. The quantitative estimate of drug-likeness (QED) is 0.569. The maximum atomic E-state index is 13.9. The largest absolute Gasteiger partial charge is 0.417 e. The number of alkyl halides is 3. The van der Waals surface area contributed by atoms with Crippen LogP contribution in [0.25, 0.3) is 0 Å². The fourth-order valence-corrected chi connectivity index (χ4v) is 2.95. The number of rotatable bonds is 1. The van der Waals surface area contributed by atoms with Crippen molar-refractivity contribution in [2.45, 2.75) is 19.1 Å². The summed E-state index contributed by atoms with van der Waals surface area (Å²) in [5.74, 6) is -1.87. The first-order valence-corrected chi connectivity index (χ1v) is 7.79. The van der Waals surface area contributed by atoms with Crippen molar-refractivity contribution < 1.29 is 26.7 Å². The molecule has 1 N–H and O–H groups in total. The van der Waals surface area contributed by atoms with Crippen LogP contribution < -0.4 is 5.32 Å². The second-order valence-corrected chi connectivity index (χ2v) is 6.06. The molecule has 0 aliphatic carbocycles. The fourth-order valence-electron chi connectivity index (χ4n) is 2.67. The van der Waals surface area contributed by atoms with Gasteiger partial charge in [0.15, 0.2) is 0 Å². The normalized spacial score (nSPS) is 14.2. The second-order valence-electron chi connectivity index (χ2n) is 5.65. The highest BCUT2D eigenvalue weighted by molar-refractivity contribution is 6.31. The summed E-state index contributed by atoms with van der Waals surface area (Å²) in [5.41, 5.74) is -0.839. The molecular formula is C16H11ClF5N3O. The lowest BCUT2D eigenvalue weighted by Gasteiger charge is -2.29. The zero-order valence-electron chi connectivity index (χ0n) is 13.0. The number of carbonyl (C=O) groups is 1. The minimum atomic E-state index is -4.81. The molecule has 1 aromatic heterocycles. The molecule has 26 heavy (non-hydrogen) atoms. The van der Waals surface area contributed by atoms with Gasteiger partial charge in [-0.3, -0.25) is 0 Å². The molecule has 10 heteroatoms. The molecule has 0 atom stereocenters. The van der Waals surface area contributed by atoms with Gasteiger partial charge in [0.1, 0.15) is 5.82 Å². The molecule has 4 nitrogen and oxygen atoms in total. The Bertz CT molecular complexity index is 872. The molecule has 0 saturated carbocycles. The summed E-state index contributed by atoms with van der Waals surface area (Å²) in [6.45, 7) is 0.216. The van der Waals surface area contributed by atoms with Crippen molar-refractivity contribution in [3.8, 4) is 0 Å². The first-order valence-electron chi connectivity index (χ1n) is 7.41. The molecule has 1 aliphatic heterocycles. The number of benzene rings is 1. The van der Waals surface area contributed by atoms with E-state index >= 15 is 0 Å². The molecule has 2 amide bonds. The Balaban J connectivity index is 1.78. The van der Waals surface area contributed by atoms with Gasteiger partial charge >= 0.3 is 12.2 Å². The van der Waals surface area contributed by atoms with E-state index in [1.807, 2.05) is 0 Å². The van der Waals surface area contributed by atoms with Gasteiger partial charge in [-0.2, -0.15) is 17.6 Å². The number of carbonyl (C=O) groups excluding carboxylic acids is 1. The summed E-state index contributed by atoms with van der Waals surface area (Å²) >= 11 is 5.54. The monoisotopic (exact) mass is 391 g/mol. The highest BCUT2D eigenvalue weighted by atomic mass is 35.5. The Labute approximate surface area is 149 Å². The number of anilines is 1. The van der Waals surface area contributed by atoms with E-state index in [0.717, 1.165) is 0 Å². The smallest absolute Gasteiger partial charge is 0.320 e. The van der Waals surface area contributed by atoms with Gasteiger partial charge in [0.05, 0.1) is 16.3 Å². The average Bonchev–Trinajstić information content (AvgIpc) is 2.56. The van der Waals surface area contributed by atoms with Crippen molar-refractivity contribution in [1.29, 1.82) is 0 Å². The van der Waals surface area contributed by atoms with Crippen LogP contribution in [0.1, 0.15) is 16.7 Å². The van der Waals surface area contributed by atoms with Crippen LogP contribution in [0, 0.1) is 11.8 Å². The second kappa shape index (κ2) is 6.71. The topological polar surface area (TPSA) is 45.2 Å². The fraction of sp³-hybridized carbons (Fsp3) is 0.250. The number of urea groups is 1. The molecule has 0 spiro atoms. The average molecular weight is 392 g/mol. The maximum absolute atomic E-state index is 13.9. The minimum Gasteiger partial charge on any atom is -0.320 e. The van der Waals surface area contributed by atoms with Crippen molar-refractivity contribution >= 4 is 23.3 Å². The van der Waals surface area contributed by atoms with E-state index in [4.69, 9.17) is 11.6 Å². The third-order valence-corrected chi connectivity index (χ3v) is 4.30. The van der Waals surface area contributed by atoms with Gasteiger partial charge in [-0.15, -0.1) is 0 Å². The van der Waals surface area contributed by atoms with Crippen LogP contribution in [0.2, 0.25) is 5.02 Å². The van der Waals surface area contributed by atoms with Crippen LogP contribution >= 0.6 is 11.6 Å². The SMILES string of the molecule is O=C(Nc1cc(Cl)c(C(F)(F)F)cc1F)N1CCc2c(ccnc2F)C1. The highest BCUT2D eigenvalue weighted by Gasteiger charge is 2.34. The number of hydrogen-bond donors (Lipinski definition) is 1. The third-order valence-electron chi connectivity index (χ3n) is 3.98. The Morgan fingerprint density at radius 1 is 1.27 bits per heavy atom. The van der Waals surface area contributed by atoms with Gasteiger partial charge in [0.25, 0.3) is 0 Å². The van der Waals surface area contributed by atoms with E-state index in [-0.39, 0.29) is 25.6 Å². The van der Waals surface area contributed by atoms with Crippen molar-refractivity contribution in [2.24, 2.45) is 0 Å². The summed E-state index contributed by atoms with van der Waals surface area (Å²) in [4.78, 5) is 17.1. The van der Waals surface area contributed by atoms with E-state index in [0.29, 0.717) is 17.2 Å². The third kappa shape index (κ3) is 3.57. The lowest BCUT2D eigenvalue weighted by atomic mass is 10.0. The van der Waals surface area contributed by atoms with Crippen molar-refractivity contribution in [3.63, 3.8) is 0 Å². The number of nitrogens with zero attached hydrogens (tertiary/aromatic N) is 2. The van der Waals surface area contributed by atoms with E-state index in [2.05, 4.69) is 10.3 Å². The first-order chi connectivity index (χ1) is 12.2. The van der Waals surface area contributed by atoms with Crippen LogP contribution in [0.15, 0.2) is 24.4 Å². The first kappa shape index (κ1) is 18.4. The van der Waals surface area contributed by atoms with Gasteiger partial charge in [-0.05, 0) is 30.2 Å². The number of fused-ring (bicyclic) bond motifs is 1. The number of amides is 2. The molecule has 0 fully saturated rings. The van der Waals surface area contributed by atoms with E-state index < -0.39 is 40.2 Å². The van der Waals surface area contributed by atoms with E-state index in [1.54, 1.807) is 6.07 Å². The summed E-state index contributed by atoms with van der Waals surface area (Å²) in [5, 5.41) is 1.47. The number of hydrogen-bond acceptors (Lipinski definition) is 2. The van der Waals surface area contributed by atoms with Gasteiger partial charge in [0.2, 0.25) is 5.95 Å². The molecule has 3 rings (SSSR count). The zero-order valence-corrected chi connectivity index (χ0v) is 13.8. The van der Waals surface area contributed by atoms with Crippen LogP contribution in [0.3, 0.4) is 0 Å². The molecule has 1 aliphatic rings. The number of aromatic nitrogens is 1. The molecule has 0 unspecified atom stereocenters. The molecule has 1 aromatic carbocycles. The molecule has 2 heterocycles.